The Bertz CT molecular complexity index is 892. The molecule has 5 nitrogen and oxygen atoms in total. The molecule has 3 rings (SSSR count). The van der Waals surface area contributed by atoms with Crippen molar-refractivity contribution in [3.05, 3.63) is 65.2 Å². The highest BCUT2D eigenvalue weighted by atomic mass is 16.5. The van der Waals surface area contributed by atoms with E-state index in [4.69, 9.17) is 10.00 Å². The molecule has 1 saturated heterocycles. The van der Waals surface area contributed by atoms with Gasteiger partial charge < -0.3 is 9.64 Å². The topological polar surface area (TPSA) is 56.6 Å². The van der Waals surface area contributed by atoms with Gasteiger partial charge in [0.1, 0.15) is 11.9 Å². The molecule has 1 unspecified atom stereocenters. The minimum Gasteiger partial charge on any atom is -0.497 e. The Kier molecular flexibility index (Phi) is 6.79. The van der Waals surface area contributed by atoms with E-state index in [1.807, 2.05) is 29.2 Å². The summed E-state index contributed by atoms with van der Waals surface area (Å²) in [6.45, 7) is 8.17. The quantitative estimate of drug-likeness (QED) is 0.689. The lowest BCUT2D eigenvalue weighted by Gasteiger charge is -2.31. The van der Waals surface area contributed by atoms with Crippen molar-refractivity contribution >= 4 is 5.91 Å². The number of carbonyl (C=O) groups is 1. The van der Waals surface area contributed by atoms with E-state index in [-0.39, 0.29) is 17.5 Å². The van der Waals surface area contributed by atoms with Crippen molar-refractivity contribution in [1.29, 1.82) is 5.26 Å². The molecule has 0 saturated carbocycles. The zero-order valence-electron chi connectivity index (χ0n) is 18.4. The fourth-order valence-corrected chi connectivity index (χ4v) is 3.91. The Morgan fingerprint density at radius 2 is 1.73 bits per heavy atom. The van der Waals surface area contributed by atoms with E-state index in [1.165, 1.54) is 11.1 Å². The van der Waals surface area contributed by atoms with Crippen molar-refractivity contribution in [2.45, 2.75) is 45.2 Å². The van der Waals surface area contributed by atoms with Crippen LogP contribution in [-0.4, -0.2) is 42.5 Å². The van der Waals surface area contributed by atoms with Gasteiger partial charge in [-0.1, -0.05) is 57.2 Å². The lowest BCUT2D eigenvalue weighted by molar-refractivity contribution is -0.128. The third kappa shape index (κ3) is 5.01. The largest absolute Gasteiger partial charge is 0.497 e. The number of hydrogen-bond donors (Lipinski definition) is 0. The Labute approximate surface area is 179 Å². The smallest absolute Gasteiger partial charge is 0.238 e. The Morgan fingerprint density at radius 3 is 2.30 bits per heavy atom. The Hall–Kier alpha value is -2.84. The second kappa shape index (κ2) is 9.32. The first-order valence-electron chi connectivity index (χ1n) is 10.5. The van der Waals surface area contributed by atoms with Crippen LogP contribution in [-0.2, 0) is 16.6 Å². The molecule has 0 aromatic heterocycles. The van der Waals surface area contributed by atoms with Crippen molar-refractivity contribution in [3.63, 3.8) is 0 Å². The van der Waals surface area contributed by atoms with E-state index < -0.39 is 0 Å². The summed E-state index contributed by atoms with van der Waals surface area (Å²) in [5, 5.41) is 9.05. The van der Waals surface area contributed by atoms with Crippen molar-refractivity contribution in [2.75, 3.05) is 26.7 Å². The lowest BCUT2D eigenvalue weighted by Crippen LogP contribution is -2.34. The molecule has 0 radical (unpaired) electrons. The number of rotatable bonds is 7. The maximum Gasteiger partial charge on any atom is 0.238 e. The highest BCUT2D eigenvalue weighted by molar-refractivity contribution is 5.81. The van der Waals surface area contributed by atoms with Crippen LogP contribution in [0.25, 0.3) is 0 Å². The minimum atomic E-state index is -0.127. The third-order valence-electron chi connectivity index (χ3n) is 5.69. The molecule has 0 spiro atoms. The van der Waals surface area contributed by atoms with E-state index in [0.717, 1.165) is 17.7 Å². The predicted octanol–water partition coefficient (Wildman–Crippen LogP) is 4.29. The van der Waals surface area contributed by atoms with E-state index >= 15 is 0 Å². The van der Waals surface area contributed by atoms with Gasteiger partial charge in [-0.3, -0.25) is 9.69 Å². The van der Waals surface area contributed by atoms with Crippen LogP contribution in [0, 0.1) is 11.3 Å². The first kappa shape index (κ1) is 21.9. The van der Waals surface area contributed by atoms with Crippen LogP contribution in [0.15, 0.2) is 48.5 Å². The summed E-state index contributed by atoms with van der Waals surface area (Å²) in [6.07, 6.45) is 1.06. The predicted molar refractivity (Wildman–Crippen MR) is 118 cm³/mol. The van der Waals surface area contributed by atoms with Gasteiger partial charge >= 0.3 is 0 Å². The number of nitrogens with zero attached hydrogens (tertiary/aromatic N) is 3. The zero-order valence-corrected chi connectivity index (χ0v) is 18.4. The lowest BCUT2D eigenvalue weighted by atomic mass is 9.86. The molecule has 5 heteroatoms. The van der Waals surface area contributed by atoms with Crippen LogP contribution < -0.4 is 4.74 Å². The molecule has 0 bridgehead atoms. The molecule has 1 heterocycles. The van der Waals surface area contributed by atoms with Crippen LogP contribution in [0.1, 0.15) is 50.0 Å². The van der Waals surface area contributed by atoms with Gasteiger partial charge in [-0.05, 0) is 40.7 Å². The van der Waals surface area contributed by atoms with Gasteiger partial charge in [0.15, 0.2) is 0 Å². The number of benzene rings is 2. The van der Waals surface area contributed by atoms with Crippen LogP contribution in [0.2, 0.25) is 0 Å². The minimum absolute atomic E-state index is 0.0819. The average Bonchev–Trinajstić information content (AvgIpc) is 3.05. The van der Waals surface area contributed by atoms with Crippen molar-refractivity contribution in [3.8, 4) is 11.8 Å². The first-order chi connectivity index (χ1) is 14.3. The molecular weight excluding hydrogens is 374 g/mol. The SMILES string of the molecule is COc1ccc(CCN2C(=O)CN(CCC#N)C2c2ccc(C(C)(C)C)cc2)cc1. The number of hydrogen-bond acceptors (Lipinski definition) is 4. The van der Waals surface area contributed by atoms with Gasteiger partial charge in [0, 0.05) is 19.5 Å². The number of nitriles is 1. The number of amides is 1. The monoisotopic (exact) mass is 405 g/mol. The Morgan fingerprint density at radius 1 is 1.07 bits per heavy atom. The molecule has 30 heavy (non-hydrogen) atoms. The second-order valence-electron chi connectivity index (χ2n) is 8.81. The Balaban J connectivity index is 1.81. The summed E-state index contributed by atoms with van der Waals surface area (Å²) in [4.78, 5) is 16.9. The van der Waals surface area contributed by atoms with Crippen molar-refractivity contribution in [1.82, 2.24) is 9.80 Å². The fourth-order valence-electron chi connectivity index (χ4n) is 3.91. The van der Waals surface area contributed by atoms with E-state index in [1.54, 1.807) is 7.11 Å². The standard InChI is InChI=1S/C25H31N3O2/c1-25(2,3)21-10-8-20(9-11-21)24-27(16-5-15-26)18-23(29)28(24)17-14-19-6-12-22(30-4)13-7-19/h6-13,24H,5,14,16-18H2,1-4H3. The van der Waals surface area contributed by atoms with Gasteiger partial charge in [-0.2, -0.15) is 5.26 Å². The van der Waals surface area contributed by atoms with Gasteiger partial charge in [0.25, 0.3) is 0 Å². The van der Waals surface area contributed by atoms with Gasteiger partial charge in [0.05, 0.1) is 19.7 Å². The normalized spacial score (nSPS) is 17.2. The molecule has 0 N–H and O–H groups in total. The number of ether oxygens (including phenoxy) is 1. The molecule has 2 aromatic carbocycles. The van der Waals surface area contributed by atoms with E-state index in [9.17, 15) is 4.79 Å². The molecule has 1 fully saturated rings. The molecule has 1 amide bonds. The van der Waals surface area contributed by atoms with Crippen LogP contribution in [0.5, 0.6) is 5.75 Å². The highest BCUT2D eigenvalue weighted by Crippen LogP contribution is 2.33. The summed E-state index contributed by atoms with van der Waals surface area (Å²) < 4.78 is 5.23. The van der Waals surface area contributed by atoms with E-state index in [0.29, 0.717) is 26.1 Å². The molecule has 1 atom stereocenters. The van der Waals surface area contributed by atoms with Crippen molar-refractivity contribution < 1.29 is 9.53 Å². The molecule has 1 aliphatic heterocycles. The maximum atomic E-state index is 12.9. The summed E-state index contributed by atoms with van der Waals surface area (Å²) in [5.74, 6) is 0.946. The van der Waals surface area contributed by atoms with E-state index in [2.05, 4.69) is 56.0 Å². The van der Waals surface area contributed by atoms with Crippen molar-refractivity contribution in [2.24, 2.45) is 0 Å². The highest BCUT2D eigenvalue weighted by Gasteiger charge is 2.38. The maximum absolute atomic E-state index is 12.9. The average molecular weight is 406 g/mol. The molecule has 2 aromatic rings. The number of carbonyl (C=O) groups excluding carboxylic acids is 1. The van der Waals surface area contributed by atoms with Crippen LogP contribution in [0.3, 0.4) is 0 Å². The van der Waals surface area contributed by atoms with Gasteiger partial charge in [-0.15, -0.1) is 0 Å². The first-order valence-corrected chi connectivity index (χ1v) is 10.5. The molecule has 158 valence electrons. The zero-order chi connectivity index (χ0) is 21.7. The van der Waals surface area contributed by atoms with Crippen LogP contribution >= 0.6 is 0 Å². The summed E-state index contributed by atoms with van der Waals surface area (Å²) in [6, 6.07) is 18.8. The summed E-state index contributed by atoms with van der Waals surface area (Å²) >= 11 is 0. The number of methoxy groups -OCH3 is 1. The summed E-state index contributed by atoms with van der Waals surface area (Å²) in [5.41, 5.74) is 3.62. The van der Waals surface area contributed by atoms with Gasteiger partial charge in [0.2, 0.25) is 5.91 Å². The molecule has 1 aliphatic rings. The molecule has 0 aliphatic carbocycles. The fraction of sp³-hybridized carbons (Fsp3) is 0.440. The third-order valence-corrected chi connectivity index (χ3v) is 5.69. The molecular formula is C25H31N3O2. The summed E-state index contributed by atoms with van der Waals surface area (Å²) in [7, 11) is 1.66. The van der Waals surface area contributed by atoms with Crippen LogP contribution in [0.4, 0.5) is 0 Å². The second-order valence-corrected chi connectivity index (χ2v) is 8.81. The van der Waals surface area contributed by atoms with Gasteiger partial charge in [-0.25, -0.2) is 0 Å².